The van der Waals surface area contributed by atoms with Crippen LogP contribution in [-0.4, -0.2) is 11.2 Å². The zero-order valence-corrected chi connectivity index (χ0v) is 9.46. The molecule has 1 rings (SSSR count). The summed E-state index contributed by atoms with van der Waals surface area (Å²) >= 11 is 5.79. The summed E-state index contributed by atoms with van der Waals surface area (Å²) in [6.45, 7) is 4.08. The van der Waals surface area contributed by atoms with Crippen LogP contribution in [0.5, 0.6) is 0 Å². The summed E-state index contributed by atoms with van der Waals surface area (Å²) in [6, 6.07) is 7.81. The number of rotatable bonds is 4. The fraction of sp³-hybridized carbons (Fsp3) is 0.500. The molecular weight excluding hydrogens is 196 g/mol. The molecule has 0 spiro atoms. The van der Waals surface area contributed by atoms with Crippen molar-refractivity contribution >= 4 is 11.6 Å². The van der Waals surface area contributed by atoms with E-state index in [1.807, 2.05) is 31.2 Å². The first kappa shape index (κ1) is 11.5. The Labute approximate surface area is 90.7 Å². The first-order valence-electron chi connectivity index (χ1n) is 5.06. The highest BCUT2D eigenvalue weighted by atomic mass is 35.5. The Balaban J connectivity index is 2.56. The molecule has 0 aliphatic carbocycles. The Morgan fingerprint density at radius 1 is 1.29 bits per heavy atom. The SMILES string of the molecule is CCC(O)C(C)Cc1ccc(Cl)cc1. The molecule has 0 radical (unpaired) electrons. The van der Waals surface area contributed by atoms with Gasteiger partial charge in [-0.3, -0.25) is 0 Å². The number of aliphatic hydroxyl groups is 1. The molecule has 2 unspecified atom stereocenters. The molecule has 0 aliphatic heterocycles. The molecule has 1 N–H and O–H groups in total. The molecule has 1 aromatic rings. The van der Waals surface area contributed by atoms with Crippen LogP contribution in [0.3, 0.4) is 0 Å². The van der Waals surface area contributed by atoms with Crippen molar-refractivity contribution in [3.8, 4) is 0 Å². The van der Waals surface area contributed by atoms with E-state index in [9.17, 15) is 5.11 Å². The van der Waals surface area contributed by atoms with Crippen molar-refractivity contribution in [2.24, 2.45) is 5.92 Å². The summed E-state index contributed by atoms with van der Waals surface area (Å²) in [4.78, 5) is 0. The maximum atomic E-state index is 9.62. The molecule has 0 aromatic heterocycles. The second-order valence-corrected chi connectivity index (χ2v) is 4.22. The molecule has 0 bridgehead atoms. The van der Waals surface area contributed by atoms with Gasteiger partial charge in [0, 0.05) is 5.02 Å². The predicted octanol–water partition coefficient (Wildman–Crippen LogP) is 3.29. The summed E-state index contributed by atoms with van der Waals surface area (Å²) in [5.41, 5.74) is 1.23. The van der Waals surface area contributed by atoms with Crippen molar-refractivity contribution in [1.82, 2.24) is 0 Å². The van der Waals surface area contributed by atoms with E-state index in [0.717, 1.165) is 17.9 Å². The van der Waals surface area contributed by atoms with Crippen LogP contribution in [-0.2, 0) is 6.42 Å². The number of hydrogen-bond acceptors (Lipinski definition) is 1. The minimum absolute atomic E-state index is 0.203. The van der Waals surface area contributed by atoms with Crippen molar-refractivity contribution in [3.63, 3.8) is 0 Å². The maximum Gasteiger partial charge on any atom is 0.0566 e. The zero-order chi connectivity index (χ0) is 10.6. The number of aliphatic hydroxyl groups excluding tert-OH is 1. The van der Waals surface area contributed by atoms with E-state index >= 15 is 0 Å². The highest BCUT2D eigenvalue weighted by Crippen LogP contribution is 2.16. The lowest BCUT2D eigenvalue weighted by Gasteiger charge is -2.16. The van der Waals surface area contributed by atoms with Crippen molar-refractivity contribution in [1.29, 1.82) is 0 Å². The van der Waals surface area contributed by atoms with Gasteiger partial charge in [-0.1, -0.05) is 37.6 Å². The van der Waals surface area contributed by atoms with Crippen LogP contribution in [0.4, 0.5) is 0 Å². The lowest BCUT2D eigenvalue weighted by atomic mass is 9.94. The standard InChI is InChI=1S/C12H17ClO/c1-3-12(14)9(2)8-10-4-6-11(13)7-5-10/h4-7,9,12,14H,3,8H2,1-2H3. The van der Waals surface area contributed by atoms with Crippen LogP contribution in [0.25, 0.3) is 0 Å². The normalized spacial score (nSPS) is 15.1. The fourth-order valence-corrected chi connectivity index (χ4v) is 1.66. The van der Waals surface area contributed by atoms with Gasteiger partial charge in [-0.2, -0.15) is 0 Å². The maximum absolute atomic E-state index is 9.62. The van der Waals surface area contributed by atoms with E-state index in [1.54, 1.807) is 0 Å². The molecule has 78 valence electrons. The summed E-state index contributed by atoms with van der Waals surface area (Å²) in [5.74, 6) is 0.307. The smallest absolute Gasteiger partial charge is 0.0566 e. The van der Waals surface area contributed by atoms with Crippen LogP contribution in [0.1, 0.15) is 25.8 Å². The Hall–Kier alpha value is -0.530. The molecule has 2 atom stereocenters. The van der Waals surface area contributed by atoms with Gasteiger partial charge in [0.15, 0.2) is 0 Å². The molecule has 0 saturated carbocycles. The second kappa shape index (κ2) is 5.38. The van der Waals surface area contributed by atoms with Crippen LogP contribution in [0.15, 0.2) is 24.3 Å². The van der Waals surface area contributed by atoms with Gasteiger partial charge in [0.25, 0.3) is 0 Å². The minimum atomic E-state index is -0.203. The summed E-state index contributed by atoms with van der Waals surface area (Å²) in [7, 11) is 0. The minimum Gasteiger partial charge on any atom is -0.393 e. The second-order valence-electron chi connectivity index (χ2n) is 3.78. The zero-order valence-electron chi connectivity index (χ0n) is 8.70. The lowest BCUT2D eigenvalue weighted by molar-refractivity contribution is 0.113. The molecular formula is C12H17ClO. The Bertz CT molecular complexity index is 268. The Kier molecular flexibility index (Phi) is 4.43. The molecule has 1 nitrogen and oxygen atoms in total. The topological polar surface area (TPSA) is 20.2 Å². The van der Waals surface area contributed by atoms with E-state index in [4.69, 9.17) is 11.6 Å². The van der Waals surface area contributed by atoms with Crippen LogP contribution >= 0.6 is 11.6 Å². The first-order chi connectivity index (χ1) is 6.63. The number of benzene rings is 1. The summed E-state index contributed by atoms with van der Waals surface area (Å²) in [6.07, 6.45) is 1.52. The van der Waals surface area contributed by atoms with E-state index in [0.29, 0.717) is 5.92 Å². The monoisotopic (exact) mass is 212 g/mol. The number of halogens is 1. The molecule has 1 aromatic carbocycles. The molecule has 0 heterocycles. The van der Waals surface area contributed by atoms with Gasteiger partial charge >= 0.3 is 0 Å². The first-order valence-corrected chi connectivity index (χ1v) is 5.43. The van der Waals surface area contributed by atoms with Gasteiger partial charge in [0.2, 0.25) is 0 Å². The van der Waals surface area contributed by atoms with Crippen molar-refractivity contribution in [2.45, 2.75) is 32.8 Å². The van der Waals surface area contributed by atoms with Gasteiger partial charge in [-0.05, 0) is 36.5 Å². The molecule has 0 fully saturated rings. The van der Waals surface area contributed by atoms with E-state index < -0.39 is 0 Å². The largest absolute Gasteiger partial charge is 0.393 e. The molecule has 2 heteroatoms. The molecule has 0 aliphatic rings. The van der Waals surface area contributed by atoms with Crippen LogP contribution in [0, 0.1) is 5.92 Å². The summed E-state index contributed by atoms with van der Waals surface area (Å²) < 4.78 is 0. The third-order valence-electron chi connectivity index (χ3n) is 2.55. The fourth-order valence-electron chi connectivity index (χ4n) is 1.53. The predicted molar refractivity (Wildman–Crippen MR) is 60.6 cm³/mol. The van der Waals surface area contributed by atoms with E-state index in [1.165, 1.54) is 5.56 Å². The Morgan fingerprint density at radius 2 is 1.86 bits per heavy atom. The van der Waals surface area contributed by atoms with Crippen LogP contribution < -0.4 is 0 Å². The average molecular weight is 213 g/mol. The summed E-state index contributed by atoms with van der Waals surface area (Å²) in [5, 5.41) is 10.4. The highest BCUT2D eigenvalue weighted by molar-refractivity contribution is 6.30. The van der Waals surface area contributed by atoms with Gasteiger partial charge in [0.05, 0.1) is 6.10 Å². The van der Waals surface area contributed by atoms with Gasteiger partial charge < -0.3 is 5.11 Å². The molecule has 0 saturated heterocycles. The van der Waals surface area contributed by atoms with Crippen molar-refractivity contribution in [2.75, 3.05) is 0 Å². The average Bonchev–Trinajstić information content (AvgIpc) is 2.20. The molecule has 14 heavy (non-hydrogen) atoms. The third-order valence-corrected chi connectivity index (χ3v) is 2.80. The molecule has 0 amide bonds. The van der Waals surface area contributed by atoms with E-state index in [2.05, 4.69) is 6.92 Å². The highest BCUT2D eigenvalue weighted by Gasteiger charge is 2.12. The van der Waals surface area contributed by atoms with Crippen LogP contribution in [0.2, 0.25) is 5.02 Å². The number of hydrogen-bond donors (Lipinski definition) is 1. The quantitative estimate of drug-likeness (QED) is 0.812. The van der Waals surface area contributed by atoms with Gasteiger partial charge in [-0.25, -0.2) is 0 Å². The third kappa shape index (κ3) is 3.32. The van der Waals surface area contributed by atoms with E-state index in [-0.39, 0.29) is 6.10 Å². The Morgan fingerprint density at radius 3 is 2.36 bits per heavy atom. The van der Waals surface area contributed by atoms with Gasteiger partial charge in [0.1, 0.15) is 0 Å². The van der Waals surface area contributed by atoms with Gasteiger partial charge in [-0.15, -0.1) is 0 Å². The van der Waals surface area contributed by atoms with Crippen molar-refractivity contribution in [3.05, 3.63) is 34.9 Å². The lowest BCUT2D eigenvalue weighted by Crippen LogP contribution is -2.18. The van der Waals surface area contributed by atoms with Crippen molar-refractivity contribution < 1.29 is 5.11 Å².